The molecule has 0 unspecified atom stereocenters. The number of thioether (sulfide) groups is 1. The fourth-order valence-corrected chi connectivity index (χ4v) is 4.02. The van der Waals surface area contributed by atoms with Gasteiger partial charge in [-0.3, -0.25) is 0 Å². The maximum atomic E-state index is 5.45. The molecule has 0 amide bonds. The van der Waals surface area contributed by atoms with Gasteiger partial charge in [0.05, 0.1) is 39.5 Å². The molecule has 1 aromatic carbocycles. The van der Waals surface area contributed by atoms with Crippen molar-refractivity contribution in [3.8, 4) is 22.8 Å². The molecule has 1 aromatic heterocycles. The molecule has 0 bridgehead atoms. The number of piperidine rings is 1. The third kappa shape index (κ3) is 4.86. The number of likely N-dealkylation sites (tertiary alicyclic amines) is 1. The van der Waals surface area contributed by atoms with Gasteiger partial charge in [0.15, 0.2) is 0 Å². The predicted octanol–water partition coefficient (Wildman–Crippen LogP) is 2.32. The topological polar surface area (TPSA) is 48.7 Å². The molecule has 0 aliphatic carbocycles. The standard InChI is InChI=1S/C19H25N3O2S/c1-23-15-6-7-16(18(14-15)24-2)17-8-9-19(21-20-17)25-13-12-22-10-4-3-5-11-22/h6-9,14H,3-5,10-13H2,1-2H3/p+1. The number of methoxy groups -OCH3 is 2. The van der Waals surface area contributed by atoms with Crippen LogP contribution in [-0.4, -0.2) is 49.8 Å². The van der Waals surface area contributed by atoms with E-state index in [0.29, 0.717) is 0 Å². The number of nitrogens with zero attached hydrogens (tertiary/aromatic N) is 2. The van der Waals surface area contributed by atoms with Gasteiger partial charge in [-0.1, -0.05) is 11.8 Å². The summed E-state index contributed by atoms with van der Waals surface area (Å²) in [5.74, 6) is 2.60. The maximum absolute atomic E-state index is 5.45. The molecular formula is C19H26N3O2S+. The first kappa shape index (κ1) is 18.0. The van der Waals surface area contributed by atoms with E-state index in [9.17, 15) is 0 Å². The lowest BCUT2D eigenvalue weighted by Gasteiger charge is -2.23. The largest absolute Gasteiger partial charge is 0.497 e. The highest BCUT2D eigenvalue weighted by Gasteiger charge is 2.13. The lowest BCUT2D eigenvalue weighted by atomic mass is 10.1. The van der Waals surface area contributed by atoms with Gasteiger partial charge in [-0.15, -0.1) is 10.2 Å². The van der Waals surface area contributed by atoms with Crippen molar-refractivity contribution in [3.63, 3.8) is 0 Å². The van der Waals surface area contributed by atoms with Crippen molar-refractivity contribution in [2.24, 2.45) is 0 Å². The van der Waals surface area contributed by atoms with Crippen molar-refractivity contribution in [2.45, 2.75) is 24.3 Å². The van der Waals surface area contributed by atoms with Crippen LogP contribution in [0.3, 0.4) is 0 Å². The van der Waals surface area contributed by atoms with E-state index >= 15 is 0 Å². The van der Waals surface area contributed by atoms with Crippen molar-refractivity contribution >= 4 is 11.8 Å². The molecule has 134 valence electrons. The van der Waals surface area contributed by atoms with Crippen molar-refractivity contribution in [1.29, 1.82) is 0 Å². The van der Waals surface area contributed by atoms with E-state index in [4.69, 9.17) is 9.47 Å². The minimum Gasteiger partial charge on any atom is -0.497 e. The summed E-state index contributed by atoms with van der Waals surface area (Å²) in [6.07, 6.45) is 4.15. The minimum absolute atomic E-state index is 0.739. The van der Waals surface area contributed by atoms with Crippen LogP contribution in [0.15, 0.2) is 35.4 Å². The van der Waals surface area contributed by atoms with Crippen LogP contribution >= 0.6 is 11.8 Å². The zero-order valence-electron chi connectivity index (χ0n) is 15.0. The third-order valence-electron chi connectivity index (χ3n) is 4.59. The zero-order valence-corrected chi connectivity index (χ0v) is 15.8. The van der Waals surface area contributed by atoms with E-state index in [0.717, 1.165) is 33.5 Å². The monoisotopic (exact) mass is 360 g/mol. The Kier molecular flexibility index (Phi) is 6.53. The Morgan fingerprint density at radius 1 is 1.00 bits per heavy atom. The Hall–Kier alpha value is -1.79. The van der Waals surface area contributed by atoms with Gasteiger partial charge in [0, 0.05) is 17.4 Å². The molecule has 6 heteroatoms. The van der Waals surface area contributed by atoms with Crippen molar-refractivity contribution in [1.82, 2.24) is 10.2 Å². The Morgan fingerprint density at radius 3 is 2.52 bits per heavy atom. The van der Waals surface area contributed by atoms with E-state index in [1.54, 1.807) is 30.9 Å². The van der Waals surface area contributed by atoms with E-state index in [-0.39, 0.29) is 0 Å². The molecule has 2 aromatic rings. The summed E-state index contributed by atoms with van der Waals surface area (Å²) in [6.45, 7) is 3.85. The fraction of sp³-hybridized carbons (Fsp3) is 0.474. The molecule has 3 rings (SSSR count). The van der Waals surface area contributed by atoms with Gasteiger partial charge in [0.25, 0.3) is 0 Å². The second-order valence-corrected chi connectivity index (χ2v) is 7.35. The average molecular weight is 361 g/mol. The summed E-state index contributed by atoms with van der Waals surface area (Å²) in [5, 5.41) is 9.73. The number of rotatable bonds is 7. The first-order valence-electron chi connectivity index (χ1n) is 8.82. The molecule has 1 aliphatic heterocycles. The Morgan fingerprint density at radius 2 is 1.84 bits per heavy atom. The van der Waals surface area contributed by atoms with E-state index in [1.165, 1.54) is 38.9 Å². The normalized spacial score (nSPS) is 15.1. The molecule has 0 atom stereocenters. The van der Waals surface area contributed by atoms with E-state index in [2.05, 4.69) is 10.2 Å². The molecule has 1 aliphatic rings. The molecule has 1 fully saturated rings. The molecule has 2 heterocycles. The number of ether oxygens (including phenoxy) is 2. The SMILES string of the molecule is COc1ccc(-c2ccc(SCC[NH+]3CCCCC3)nn2)c(OC)c1. The third-order valence-corrected chi connectivity index (χ3v) is 5.51. The second kappa shape index (κ2) is 9.06. The molecule has 25 heavy (non-hydrogen) atoms. The van der Waals surface area contributed by atoms with Crippen LogP contribution in [0.2, 0.25) is 0 Å². The number of nitrogens with one attached hydrogen (secondary N) is 1. The number of hydrogen-bond acceptors (Lipinski definition) is 5. The lowest BCUT2D eigenvalue weighted by molar-refractivity contribution is -0.902. The molecule has 1 saturated heterocycles. The average Bonchev–Trinajstić information content (AvgIpc) is 2.69. The van der Waals surface area contributed by atoms with Gasteiger partial charge in [0.2, 0.25) is 0 Å². The van der Waals surface area contributed by atoms with Crippen LogP contribution in [0.4, 0.5) is 0 Å². The second-order valence-electron chi connectivity index (χ2n) is 6.23. The molecule has 1 N–H and O–H groups in total. The molecule has 5 nitrogen and oxygen atoms in total. The Bertz CT molecular complexity index is 673. The number of aromatic nitrogens is 2. The molecular weight excluding hydrogens is 334 g/mol. The van der Waals surface area contributed by atoms with E-state index in [1.807, 2.05) is 30.3 Å². The van der Waals surface area contributed by atoms with Crippen LogP contribution in [0.5, 0.6) is 11.5 Å². The van der Waals surface area contributed by atoms with Crippen LogP contribution in [0, 0.1) is 0 Å². The van der Waals surface area contributed by atoms with E-state index < -0.39 is 0 Å². The minimum atomic E-state index is 0.739. The van der Waals surface area contributed by atoms with Crippen LogP contribution in [0.1, 0.15) is 19.3 Å². The van der Waals surface area contributed by atoms with Crippen LogP contribution < -0.4 is 14.4 Å². The summed E-state index contributed by atoms with van der Waals surface area (Å²) < 4.78 is 10.7. The zero-order chi connectivity index (χ0) is 17.5. The van der Waals surface area contributed by atoms with Crippen LogP contribution in [0.25, 0.3) is 11.3 Å². The van der Waals surface area contributed by atoms with Gasteiger partial charge in [-0.05, 0) is 43.5 Å². The van der Waals surface area contributed by atoms with Crippen molar-refractivity contribution < 1.29 is 14.4 Å². The van der Waals surface area contributed by atoms with Gasteiger partial charge in [-0.25, -0.2) is 0 Å². The molecule has 0 saturated carbocycles. The predicted molar refractivity (Wildman–Crippen MR) is 101 cm³/mol. The summed E-state index contributed by atoms with van der Waals surface area (Å²) in [5.41, 5.74) is 1.73. The van der Waals surface area contributed by atoms with Crippen molar-refractivity contribution in [3.05, 3.63) is 30.3 Å². The first-order valence-corrected chi connectivity index (χ1v) is 9.81. The number of hydrogen-bond donors (Lipinski definition) is 1. The van der Waals surface area contributed by atoms with Crippen molar-refractivity contribution in [2.75, 3.05) is 39.6 Å². The van der Waals surface area contributed by atoms with Gasteiger partial charge in [0.1, 0.15) is 16.5 Å². The quantitative estimate of drug-likeness (QED) is 0.768. The van der Waals surface area contributed by atoms with Crippen LogP contribution in [-0.2, 0) is 0 Å². The number of benzene rings is 1. The number of quaternary nitrogens is 1. The summed E-state index contributed by atoms with van der Waals surface area (Å²) in [6, 6.07) is 9.77. The highest BCUT2D eigenvalue weighted by Crippen LogP contribution is 2.32. The highest BCUT2D eigenvalue weighted by molar-refractivity contribution is 7.99. The highest BCUT2D eigenvalue weighted by atomic mass is 32.2. The fourth-order valence-electron chi connectivity index (χ4n) is 3.15. The van der Waals surface area contributed by atoms with Gasteiger partial charge < -0.3 is 14.4 Å². The first-order chi connectivity index (χ1) is 12.3. The summed E-state index contributed by atoms with van der Waals surface area (Å²) in [4.78, 5) is 1.73. The maximum Gasteiger partial charge on any atom is 0.132 e. The molecule has 0 spiro atoms. The van der Waals surface area contributed by atoms with Gasteiger partial charge >= 0.3 is 0 Å². The van der Waals surface area contributed by atoms with Gasteiger partial charge in [-0.2, -0.15) is 0 Å². The Balaban J connectivity index is 1.60. The lowest BCUT2D eigenvalue weighted by Crippen LogP contribution is -3.13. The summed E-state index contributed by atoms with van der Waals surface area (Å²) in [7, 11) is 3.30. The summed E-state index contributed by atoms with van der Waals surface area (Å²) >= 11 is 1.79. The molecule has 0 radical (unpaired) electrons. The Labute approximate surface area is 153 Å². The smallest absolute Gasteiger partial charge is 0.132 e.